The summed E-state index contributed by atoms with van der Waals surface area (Å²) in [6, 6.07) is 8.23. The van der Waals surface area contributed by atoms with E-state index in [1.165, 1.54) is 56.5 Å². The number of fused-ring (bicyclic) bond motifs is 1. The van der Waals surface area contributed by atoms with E-state index in [0.717, 1.165) is 18.7 Å². The van der Waals surface area contributed by atoms with Crippen LogP contribution in [0.25, 0.3) is 11.0 Å². The van der Waals surface area contributed by atoms with Crippen molar-refractivity contribution in [2.45, 2.75) is 39.0 Å². The Bertz CT molecular complexity index is 1050. The number of hydrogen-bond acceptors (Lipinski definition) is 8. The van der Waals surface area contributed by atoms with E-state index in [-0.39, 0.29) is 0 Å². The summed E-state index contributed by atoms with van der Waals surface area (Å²) in [5.41, 5.74) is 2.09. The average Bonchev–Trinajstić information content (AvgIpc) is 3.34. The Labute approximate surface area is 226 Å². The van der Waals surface area contributed by atoms with Crippen molar-refractivity contribution in [3.63, 3.8) is 0 Å². The van der Waals surface area contributed by atoms with Gasteiger partial charge in [0, 0.05) is 35.6 Å². The van der Waals surface area contributed by atoms with E-state index in [2.05, 4.69) is 40.9 Å². The Morgan fingerprint density at radius 2 is 1.38 bits per heavy atom. The predicted molar refractivity (Wildman–Crippen MR) is 144 cm³/mol. The molecule has 0 bridgehead atoms. The highest BCUT2D eigenvalue weighted by molar-refractivity contribution is 5.90. The molecule has 2 heterocycles. The van der Waals surface area contributed by atoms with E-state index in [4.69, 9.17) is 24.9 Å². The van der Waals surface area contributed by atoms with Crippen LogP contribution in [0, 0.1) is 0 Å². The number of carbonyl (C=O) groups is 4. The number of carboxylic acids is 4. The zero-order chi connectivity index (χ0) is 29.2. The first-order chi connectivity index (χ1) is 18.6. The smallest absolute Gasteiger partial charge is 0.328 e. The van der Waals surface area contributed by atoms with Crippen LogP contribution in [0.3, 0.4) is 0 Å². The number of piperidine rings is 1. The third-order valence-electron chi connectivity index (χ3n) is 5.96. The molecule has 0 spiro atoms. The molecule has 1 aromatic heterocycles. The lowest BCUT2D eigenvalue weighted by molar-refractivity contribution is -0.134. The summed E-state index contributed by atoms with van der Waals surface area (Å²) in [6.07, 6.45) is 5.90. The molecule has 4 N–H and O–H groups in total. The fourth-order valence-electron chi connectivity index (χ4n) is 3.97. The van der Waals surface area contributed by atoms with Crippen LogP contribution in [0.5, 0.6) is 0 Å². The molecule has 214 valence electrons. The van der Waals surface area contributed by atoms with Gasteiger partial charge < -0.3 is 34.7 Å². The van der Waals surface area contributed by atoms with Crippen molar-refractivity contribution < 1.29 is 44.1 Å². The molecule has 0 atom stereocenters. The zero-order valence-corrected chi connectivity index (χ0v) is 22.2. The number of rotatable bonds is 11. The molecular formula is C27H37N3O9. The standard InChI is InChI=1S/C19H29N3O.2C4H4O4/c1-3-21(4-2)12-7-13-22-14-10-16(11-15-22)19-17-8-5-6-9-18(17)23-20-19;2*5-3(6)1-2-4(7)8/h5-6,8-9,16H,3-4,7,10-15H2,1-2H3;2*1-2H,(H,5,6)(H,7,8)/b;2*2-1+. The minimum Gasteiger partial charge on any atom is -0.478 e. The van der Waals surface area contributed by atoms with Crippen LogP contribution in [0.4, 0.5) is 0 Å². The van der Waals surface area contributed by atoms with Gasteiger partial charge >= 0.3 is 23.9 Å². The van der Waals surface area contributed by atoms with Crippen molar-refractivity contribution in [1.29, 1.82) is 0 Å². The molecule has 0 unspecified atom stereocenters. The quantitative estimate of drug-likeness (QED) is 0.302. The van der Waals surface area contributed by atoms with Gasteiger partial charge in [-0.25, -0.2) is 19.2 Å². The van der Waals surface area contributed by atoms with E-state index in [9.17, 15) is 19.2 Å². The van der Waals surface area contributed by atoms with E-state index >= 15 is 0 Å². The van der Waals surface area contributed by atoms with Crippen LogP contribution in [0.1, 0.15) is 44.7 Å². The monoisotopic (exact) mass is 547 g/mol. The predicted octanol–water partition coefficient (Wildman–Crippen LogP) is 3.16. The number of aromatic nitrogens is 1. The van der Waals surface area contributed by atoms with Crippen LogP contribution < -0.4 is 0 Å². The van der Waals surface area contributed by atoms with Gasteiger partial charge in [0.25, 0.3) is 0 Å². The van der Waals surface area contributed by atoms with E-state index in [1.807, 2.05) is 12.1 Å². The van der Waals surface area contributed by atoms with Gasteiger partial charge in [0.2, 0.25) is 0 Å². The van der Waals surface area contributed by atoms with Crippen molar-refractivity contribution in [2.24, 2.45) is 0 Å². The summed E-state index contributed by atoms with van der Waals surface area (Å²) < 4.78 is 5.48. The maximum absolute atomic E-state index is 9.55. The van der Waals surface area contributed by atoms with Gasteiger partial charge in [-0.1, -0.05) is 31.1 Å². The molecule has 3 rings (SSSR count). The Balaban J connectivity index is 0.000000393. The minimum atomic E-state index is -1.26. The maximum atomic E-state index is 9.55. The van der Waals surface area contributed by atoms with Crippen LogP contribution in [-0.4, -0.2) is 98.5 Å². The highest BCUT2D eigenvalue weighted by Crippen LogP contribution is 2.32. The first-order valence-electron chi connectivity index (χ1n) is 12.6. The lowest BCUT2D eigenvalue weighted by Crippen LogP contribution is -2.35. The molecule has 0 aliphatic carbocycles. The molecule has 1 saturated heterocycles. The molecule has 0 saturated carbocycles. The minimum absolute atomic E-state index is 0.553. The van der Waals surface area contributed by atoms with Gasteiger partial charge in [0.05, 0.1) is 5.69 Å². The Hall–Kier alpha value is -4.03. The maximum Gasteiger partial charge on any atom is 0.328 e. The number of benzene rings is 1. The molecule has 1 aliphatic heterocycles. The lowest BCUT2D eigenvalue weighted by Gasteiger charge is -2.31. The molecule has 1 aromatic carbocycles. The Morgan fingerprint density at radius 3 is 1.85 bits per heavy atom. The van der Waals surface area contributed by atoms with E-state index < -0.39 is 23.9 Å². The van der Waals surface area contributed by atoms with Crippen molar-refractivity contribution in [1.82, 2.24) is 15.0 Å². The van der Waals surface area contributed by atoms with Crippen LogP contribution in [0.2, 0.25) is 0 Å². The lowest BCUT2D eigenvalue weighted by atomic mass is 9.91. The van der Waals surface area contributed by atoms with Gasteiger partial charge in [-0.3, -0.25) is 0 Å². The van der Waals surface area contributed by atoms with Crippen LogP contribution >= 0.6 is 0 Å². The highest BCUT2D eigenvalue weighted by atomic mass is 16.5. The fourth-order valence-corrected chi connectivity index (χ4v) is 3.97. The molecule has 0 radical (unpaired) electrons. The SMILES string of the molecule is CCN(CC)CCCN1CCC(c2noc3ccccc23)CC1.O=C(O)/C=C/C(=O)O.O=C(O)/C=C/C(=O)O. The van der Waals surface area contributed by atoms with Crippen LogP contribution in [0.15, 0.2) is 53.1 Å². The number of hydrogen-bond donors (Lipinski definition) is 4. The molecule has 0 amide bonds. The van der Waals surface area contributed by atoms with Gasteiger partial charge in [-0.2, -0.15) is 0 Å². The molecule has 2 aromatic rings. The van der Waals surface area contributed by atoms with Crippen LogP contribution in [-0.2, 0) is 19.2 Å². The first-order valence-corrected chi connectivity index (χ1v) is 12.6. The Kier molecular flexibility index (Phi) is 15.4. The third kappa shape index (κ3) is 13.9. The number of aliphatic carboxylic acids is 4. The fraction of sp³-hybridized carbons (Fsp3) is 0.444. The summed E-state index contributed by atoms with van der Waals surface area (Å²) >= 11 is 0. The van der Waals surface area contributed by atoms with Crippen molar-refractivity contribution in [3.8, 4) is 0 Å². The van der Waals surface area contributed by atoms with Crippen molar-refractivity contribution >= 4 is 34.8 Å². The van der Waals surface area contributed by atoms with Crippen molar-refractivity contribution in [2.75, 3.05) is 39.3 Å². The molecule has 1 aliphatic rings. The summed E-state index contributed by atoms with van der Waals surface area (Å²) in [5, 5.41) is 36.8. The normalized spacial score (nSPS) is 14.1. The second-order valence-corrected chi connectivity index (χ2v) is 8.58. The second-order valence-electron chi connectivity index (χ2n) is 8.58. The number of nitrogens with zero attached hydrogens (tertiary/aromatic N) is 3. The summed E-state index contributed by atoms with van der Waals surface area (Å²) in [4.78, 5) is 43.3. The summed E-state index contributed by atoms with van der Waals surface area (Å²) in [7, 11) is 0. The molecule has 39 heavy (non-hydrogen) atoms. The van der Waals surface area contributed by atoms with Gasteiger partial charge in [-0.05, 0) is 70.7 Å². The zero-order valence-electron chi connectivity index (χ0n) is 22.2. The first kappa shape index (κ1) is 33.0. The second kappa shape index (κ2) is 18.3. The average molecular weight is 548 g/mol. The summed E-state index contributed by atoms with van der Waals surface area (Å²) in [5.74, 6) is -4.47. The largest absolute Gasteiger partial charge is 0.478 e. The van der Waals surface area contributed by atoms with Gasteiger partial charge in [0.15, 0.2) is 5.58 Å². The highest BCUT2D eigenvalue weighted by Gasteiger charge is 2.24. The van der Waals surface area contributed by atoms with Gasteiger partial charge in [-0.15, -0.1) is 0 Å². The van der Waals surface area contributed by atoms with E-state index in [0.29, 0.717) is 30.2 Å². The van der Waals surface area contributed by atoms with Gasteiger partial charge in [0.1, 0.15) is 0 Å². The van der Waals surface area contributed by atoms with Crippen molar-refractivity contribution in [3.05, 3.63) is 54.3 Å². The molecular weight excluding hydrogens is 510 g/mol. The topological polar surface area (TPSA) is 182 Å². The molecule has 12 heteroatoms. The number of likely N-dealkylation sites (tertiary alicyclic amines) is 1. The van der Waals surface area contributed by atoms with E-state index in [1.54, 1.807) is 0 Å². The third-order valence-corrected chi connectivity index (χ3v) is 5.96. The summed E-state index contributed by atoms with van der Waals surface area (Å²) in [6.45, 7) is 11.6. The molecule has 12 nitrogen and oxygen atoms in total. The molecule has 1 fully saturated rings. The number of para-hydroxylation sites is 1. The number of carboxylic acid groups (broad SMARTS) is 4. The Morgan fingerprint density at radius 1 is 0.897 bits per heavy atom.